The Bertz CT molecular complexity index is 1480. The summed E-state index contributed by atoms with van der Waals surface area (Å²) in [4.78, 5) is 2.02. The predicted molar refractivity (Wildman–Crippen MR) is 126 cm³/mol. The van der Waals surface area contributed by atoms with Crippen molar-refractivity contribution in [3.05, 3.63) is 72.8 Å². The second-order valence-electron chi connectivity index (χ2n) is 6.85. The summed E-state index contributed by atoms with van der Waals surface area (Å²) in [6, 6.07) is 20.2. The Morgan fingerprint density at radius 3 is 1.90 bits per heavy atom. The highest BCUT2D eigenvalue weighted by atomic mass is 32.1. The SMILES string of the molecule is [B]c1c(-c2cc3ccccc3o2)sc2c(C=C)c(-c3cc4ccccc4o3)sc12. The number of hydrogen-bond acceptors (Lipinski definition) is 4. The monoisotopic (exact) mass is 408 g/mol. The molecule has 0 aliphatic heterocycles. The Kier molecular flexibility index (Phi) is 3.64. The van der Waals surface area contributed by atoms with E-state index in [9.17, 15) is 0 Å². The highest BCUT2D eigenvalue weighted by Gasteiger charge is 2.22. The number of hydrogen-bond donors (Lipinski definition) is 0. The fourth-order valence-electron chi connectivity index (χ4n) is 3.71. The van der Waals surface area contributed by atoms with Gasteiger partial charge in [0, 0.05) is 21.0 Å². The maximum Gasteiger partial charge on any atom is 0.146 e. The zero-order valence-electron chi connectivity index (χ0n) is 15.3. The van der Waals surface area contributed by atoms with Crippen LogP contribution in [0, 0.1) is 0 Å². The lowest BCUT2D eigenvalue weighted by molar-refractivity contribution is 0.633. The average molecular weight is 408 g/mol. The van der Waals surface area contributed by atoms with Crippen molar-refractivity contribution in [2.24, 2.45) is 0 Å². The third-order valence-electron chi connectivity index (χ3n) is 5.10. The zero-order chi connectivity index (χ0) is 19.5. The van der Waals surface area contributed by atoms with E-state index in [1.54, 1.807) is 22.7 Å². The van der Waals surface area contributed by atoms with E-state index < -0.39 is 0 Å². The van der Waals surface area contributed by atoms with Gasteiger partial charge in [-0.3, -0.25) is 0 Å². The lowest BCUT2D eigenvalue weighted by Crippen LogP contribution is -2.00. The molecule has 0 atom stereocenters. The summed E-state index contributed by atoms with van der Waals surface area (Å²) in [6.07, 6.45) is 1.89. The van der Waals surface area contributed by atoms with Crippen molar-refractivity contribution in [1.82, 2.24) is 0 Å². The van der Waals surface area contributed by atoms with E-state index in [1.807, 2.05) is 48.5 Å². The summed E-state index contributed by atoms with van der Waals surface area (Å²) in [7, 11) is 6.58. The van der Waals surface area contributed by atoms with E-state index in [4.69, 9.17) is 16.7 Å². The van der Waals surface area contributed by atoms with Gasteiger partial charge in [0.2, 0.25) is 0 Å². The molecule has 4 aromatic heterocycles. The van der Waals surface area contributed by atoms with Crippen LogP contribution in [0.3, 0.4) is 0 Å². The van der Waals surface area contributed by atoms with Crippen LogP contribution in [0.2, 0.25) is 0 Å². The van der Waals surface area contributed by atoms with Gasteiger partial charge in [0.15, 0.2) is 0 Å². The van der Waals surface area contributed by atoms with Crippen LogP contribution in [0.5, 0.6) is 0 Å². The molecule has 6 aromatic rings. The summed E-state index contributed by atoms with van der Waals surface area (Å²) in [6.45, 7) is 4.05. The lowest BCUT2D eigenvalue weighted by Gasteiger charge is -1.97. The largest absolute Gasteiger partial charge is 0.455 e. The van der Waals surface area contributed by atoms with Gasteiger partial charge in [0.05, 0.1) is 14.5 Å². The quantitative estimate of drug-likeness (QED) is 0.289. The van der Waals surface area contributed by atoms with Crippen LogP contribution in [-0.4, -0.2) is 7.85 Å². The first-order valence-corrected chi connectivity index (χ1v) is 10.8. The molecule has 0 unspecified atom stereocenters. The maximum absolute atomic E-state index is 6.58. The first-order chi connectivity index (χ1) is 14.2. The van der Waals surface area contributed by atoms with Crippen molar-refractivity contribution < 1.29 is 8.83 Å². The Morgan fingerprint density at radius 2 is 1.31 bits per heavy atom. The van der Waals surface area contributed by atoms with Crippen LogP contribution < -0.4 is 5.46 Å². The molecule has 4 heterocycles. The molecule has 0 saturated heterocycles. The Balaban J connectivity index is 1.55. The lowest BCUT2D eigenvalue weighted by atomic mass is 9.95. The number of fused-ring (bicyclic) bond motifs is 3. The summed E-state index contributed by atoms with van der Waals surface area (Å²) < 4.78 is 14.3. The zero-order valence-corrected chi connectivity index (χ0v) is 16.9. The molecule has 2 radical (unpaired) electrons. The van der Waals surface area contributed by atoms with E-state index in [1.165, 1.54) is 0 Å². The number of furan rings is 2. The fraction of sp³-hybridized carbons (Fsp3) is 0. The van der Waals surface area contributed by atoms with Crippen molar-refractivity contribution in [3.8, 4) is 21.3 Å². The van der Waals surface area contributed by atoms with E-state index in [-0.39, 0.29) is 0 Å². The summed E-state index contributed by atoms with van der Waals surface area (Å²) in [5, 5.41) is 2.16. The Labute approximate surface area is 176 Å². The Hall–Kier alpha value is -3.02. The topological polar surface area (TPSA) is 26.3 Å². The molecule has 0 fully saturated rings. The maximum atomic E-state index is 6.58. The van der Waals surface area contributed by atoms with Crippen molar-refractivity contribution >= 4 is 73.4 Å². The summed E-state index contributed by atoms with van der Waals surface area (Å²) in [5.41, 5.74) is 3.55. The standard InChI is InChI=1S/C24H13BO2S2/c1-2-15-21(18-11-13-7-3-5-9-16(13)26-18)28-24-20(25)23(29-22(15)24)19-12-14-8-4-6-10-17(14)27-19/h2-12H,1H2. The highest BCUT2D eigenvalue weighted by molar-refractivity contribution is 7.33. The normalized spacial score (nSPS) is 11.7. The molecule has 0 amide bonds. The molecule has 6 rings (SSSR count). The van der Waals surface area contributed by atoms with Crippen LogP contribution in [-0.2, 0) is 0 Å². The van der Waals surface area contributed by atoms with Crippen LogP contribution in [0.1, 0.15) is 5.56 Å². The number of rotatable bonds is 3. The van der Waals surface area contributed by atoms with Gasteiger partial charge in [-0.2, -0.15) is 0 Å². The smallest absolute Gasteiger partial charge is 0.146 e. The molecule has 5 heteroatoms. The number of para-hydroxylation sites is 2. The molecule has 29 heavy (non-hydrogen) atoms. The van der Waals surface area contributed by atoms with Gasteiger partial charge < -0.3 is 8.83 Å². The van der Waals surface area contributed by atoms with E-state index in [0.29, 0.717) is 0 Å². The van der Waals surface area contributed by atoms with Crippen molar-refractivity contribution in [1.29, 1.82) is 0 Å². The van der Waals surface area contributed by atoms with E-state index >= 15 is 0 Å². The van der Waals surface area contributed by atoms with Gasteiger partial charge in [-0.05, 0) is 24.3 Å². The number of thiophene rings is 2. The van der Waals surface area contributed by atoms with E-state index in [0.717, 1.165) is 63.6 Å². The van der Waals surface area contributed by atoms with Gasteiger partial charge in [-0.25, -0.2) is 0 Å². The van der Waals surface area contributed by atoms with Gasteiger partial charge in [0.1, 0.15) is 30.5 Å². The molecule has 0 N–H and O–H groups in total. The second-order valence-corrected chi connectivity index (χ2v) is 8.89. The molecule has 2 nitrogen and oxygen atoms in total. The van der Waals surface area contributed by atoms with E-state index in [2.05, 4.69) is 24.8 Å². The van der Waals surface area contributed by atoms with Gasteiger partial charge in [-0.1, -0.05) is 54.5 Å². The minimum Gasteiger partial charge on any atom is -0.455 e. The van der Waals surface area contributed by atoms with Crippen LogP contribution >= 0.6 is 22.7 Å². The van der Waals surface area contributed by atoms with Gasteiger partial charge >= 0.3 is 0 Å². The molecular formula is C24H13BO2S2. The molecule has 0 aliphatic carbocycles. The summed E-state index contributed by atoms with van der Waals surface area (Å²) in [5.74, 6) is 1.65. The van der Waals surface area contributed by atoms with Crippen LogP contribution in [0.15, 0.2) is 76.1 Å². The second kappa shape index (κ2) is 6.24. The predicted octanol–water partition coefficient (Wildman–Crippen LogP) is 7.23. The van der Waals surface area contributed by atoms with Gasteiger partial charge in [-0.15, -0.1) is 22.7 Å². The van der Waals surface area contributed by atoms with Crippen LogP contribution in [0.4, 0.5) is 0 Å². The summed E-state index contributed by atoms with van der Waals surface area (Å²) >= 11 is 3.29. The molecule has 0 spiro atoms. The van der Waals surface area contributed by atoms with Gasteiger partial charge in [0.25, 0.3) is 0 Å². The molecule has 0 bridgehead atoms. The first-order valence-electron chi connectivity index (χ1n) is 9.18. The molecule has 2 aromatic carbocycles. The third-order valence-corrected chi connectivity index (χ3v) is 7.73. The van der Waals surface area contributed by atoms with Crippen LogP contribution in [0.25, 0.3) is 58.7 Å². The Morgan fingerprint density at radius 1 is 0.759 bits per heavy atom. The molecule has 0 aliphatic rings. The van der Waals surface area contributed by atoms with Crippen molar-refractivity contribution in [2.75, 3.05) is 0 Å². The highest BCUT2D eigenvalue weighted by Crippen LogP contribution is 2.46. The van der Waals surface area contributed by atoms with Crippen molar-refractivity contribution in [3.63, 3.8) is 0 Å². The molecule has 0 saturated carbocycles. The molecular weight excluding hydrogens is 395 g/mol. The van der Waals surface area contributed by atoms with Crippen molar-refractivity contribution in [2.45, 2.75) is 0 Å². The number of benzene rings is 2. The minimum atomic E-state index is 0.750. The average Bonchev–Trinajstić information content (AvgIpc) is 3.49. The minimum absolute atomic E-state index is 0.750. The first kappa shape index (κ1) is 16.9. The molecule has 136 valence electrons. The fourth-order valence-corrected chi connectivity index (χ4v) is 6.32. The third kappa shape index (κ3) is 2.48.